The molecule has 1 aromatic carbocycles. The standard InChI is InChI=1S/C16H18N4O2/c21-20(22)14-6-2-5-12(9-14)15(11-3-1-4-11)16-18-17-10-19(16)13-7-8-13/h2,5-6,9-11,13,15H,1,3-4,7-8H2. The van der Waals surface area contributed by atoms with Crippen molar-refractivity contribution in [3.63, 3.8) is 0 Å². The highest BCUT2D eigenvalue weighted by Crippen LogP contribution is 2.45. The third kappa shape index (κ3) is 2.28. The van der Waals surface area contributed by atoms with E-state index in [2.05, 4.69) is 14.8 Å². The first kappa shape index (κ1) is 13.4. The second-order valence-corrected chi connectivity index (χ2v) is 6.35. The molecule has 0 bridgehead atoms. The molecule has 6 nitrogen and oxygen atoms in total. The maximum Gasteiger partial charge on any atom is 0.269 e. The Bertz CT molecular complexity index is 704. The number of rotatable bonds is 5. The van der Waals surface area contributed by atoms with E-state index >= 15 is 0 Å². The number of nitro groups is 1. The van der Waals surface area contributed by atoms with Gasteiger partial charge >= 0.3 is 0 Å². The second-order valence-electron chi connectivity index (χ2n) is 6.35. The van der Waals surface area contributed by atoms with Crippen LogP contribution in [0.1, 0.15) is 55.5 Å². The molecule has 1 heterocycles. The van der Waals surface area contributed by atoms with E-state index in [0.717, 1.165) is 24.2 Å². The van der Waals surface area contributed by atoms with Crippen LogP contribution in [0.4, 0.5) is 5.69 Å². The predicted molar refractivity (Wildman–Crippen MR) is 80.6 cm³/mol. The van der Waals surface area contributed by atoms with E-state index in [1.54, 1.807) is 18.2 Å². The summed E-state index contributed by atoms with van der Waals surface area (Å²) in [5.74, 6) is 1.62. The van der Waals surface area contributed by atoms with Crippen molar-refractivity contribution in [2.75, 3.05) is 0 Å². The third-order valence-corrected chi connectivity index (χ3v) is 4.88. The summed E-state index contributed by atoms with van der Waals surface area (Å²) < 4.78 is 2.18. The Balaban J connectivity index is 1.76. The van der Waals surface area contributed by atoms with Gasteiger partial charge in [0.15, 0.2) is 0 Å². The SMILES string of the molecule is O=[N+]([O-])c1cccc(C(c2nncn2C2CC2)C2CCC2)c1. The van der Waals surface area contributed by atoms with Crippen molar-refractivity contribution in [2.24, 2.45) is 5.92 Å². The topological polar surface area (TPSA) is 73.8 Å². The van der Waals surface area contributed by atoms with Gasteiger partial charge in [-0.05, 0) is 37.2 Å². The van der Waals surface area contributed by atoms with Gasteiger partial charge in [0.25, 0.3) is 5.69 Å². The Hall–Kier alpha value is -2.24. The summed E-state index contributed by atoms with van der Waals surface area (Å²) >= 11 is 0. The van der Waals surface area contributed by atoms with E-state index in [-0.39, 0.29) is 16.5 Å². The summed E-state index contributed by atoms with van der Waals surface area (Å²) in [6.45, 7) is 0. The molecule has 0 saturated heterocycles. The fourth-order valence-corrected chi connectivity index (χ4v) is 3.35. The lowest BCUT2D eigenvalue weighted by molar-refractivity contribution is -0.384. The lowest BCUT2D eigenvalue weighted by atomic mass is 9.72. The van der Waals surface area contributed by atoms with Crippen LogP contribution in [0.25, 0.3) is 0 Å². The second kappa shape index (κ2) is 5.19. The lowest BCUT2D eigenvalue weighted by Gasteiger charge is -2.33. The van der Waals surface area contributed by atoms with Gasteiger partial charge in [-0.2, -0.15) is 0 Å². The van der Waals surface area contributed by atoms with E-state index in [1.807, 2.05) is 12.4 Å². The van der Waals surface area contributed by atoms with Gasteiger partial charge in [0.1, 0.15) is 12.2 Å². The molecule has 2 fully saturated rings. The molecule has 6 heteroatoms. The number of hydrogen-bond acceptors (Lipinski definition) is 4. The van der Waals surface area contributed by atoms with Gasteiger partial charge in [0.05, 0.1) is 4.92 Å². The van der Waals surface area contributed by atoms with Crippen LogP contribution in [-0.2, 0) is 0 Å². The van der Waals surface area contributed by atoms with Crippen molar-refractivity contribution in [1.29, 1.82) is 0 Å². The van der Waals surface area contributed by atoms with Crippen LogP contribution in [0, 0.1) is 16.0 Å². The number of nitrogens with zero attached hydrogens (tertiary/aromatic N) is 4. The van der Waals surface area contributed by atoms with Crippen LogP contribution < -0.4 is 0 Å². The zero-order valence-corrected chi connectivity index (χ0v) is 12.3. The molecule has 0 amide bonds. The molecule has 4 rings (SSSR count). The molecule has 2 saturated carbocycles. The average Bonchev–Trinajstić information content (AvgIpc) is 3.21. The number of benzene rings is 1. The Morgan fingerprint density at radius 3 is 2.73 bits per heavy atom. The fourth-order valence-electron chi connectivity index (χ4n) is 3.35. The van der Waals surface area contributed by atoms with Crippen molar-refractivity contribution < 1.29 is 4.92 Å². The first-order chi connectivity index (χ1) is 10.7. The highest BCUT2D eigenvalue weighted by atomic mass is 16.6. The van der Waals surface area contributed by atoms with Crippen molar-refractivity contribution in [2.45, 2.75) is 44.1 Å². The smallest absolute Gasteiger partial charge is 0.269 e. The van der Waals surface area contributed by atoms with Crippen molar-refractivity contribution in [1.82, 2.24) is 14.8 Å². The Morgan fingerprint density at radius 2 is 2.09 bits per heavy atom. The summed E-state index contributed by atoms with van der Waals surface area (Å²) in [4.78, 5) is 10.7. The molecule has 114 valence electrons. The summed E-state index contributed by atoms with van der Waals surface area (Å²) in [7, 11) is 0. The predicted octanol–water partition coefficient (Wildman–Crippen LogP) is 3.45. The molecule has 2 aliphatic rings. The molecule has 1 aromatic heterocycles. The molecule has 1 atom stereocenters. The highest BCUT2D eigenvalue weighted by Gasteiger charge is 2.36. The molecule has 0 spiro atoms. The first-order valence-electron chi connectivity index (χ1n) is 7.88. The molecule has 0 radical (unpaired) electrons. The summed E-state index contributed by atoms with van der Waals surface area (Å²) in [5.41, 5.74) is 1.15. The van der Waals surface area contributed by atoms with Crippen LogP contribution in [0.2, 0.25) is 0 Å². The zero-order chi connectivity index (χ0) is 15.1. The summed E-state index contributed by atoms with van der Waals surface area (Å²) in [6, 6.07) is 7.53. The monoisotopic (exact) mass is 298 g/mol. The highest BCUT2D eigenvalue weighted by molar-refractivity contribution is 5.39. The number of non-ortho nitro benzene ring substituents is 1. The minimum atomic E-state index is -0.326. The van der Waals surface area contributed by atoms with Crippen LogP contribution in [-0.4, -0.2) is 19.7 Å². The van der Waals surface area contributed by atoms with E-state index in [0.29, 0.717) is 12.0 Å². The van der Waals surface area contributed by atoms with E-state index in [9.17, 15) is 10.1 Å². The third-order valence-electron chi connectivity index (χ3n) is 4.88. The summed E-state index contributed by atoms with van der Waals surface area (Å²) in [6.07, 6.45) is 7.72. The van der Waals surface area contributed by atoms with Crippen LogP contribution in [0.15, 0.2) is 30.6 Å². The molecular formula is C16H18N4O2. The van der Waals surface area contributed by atoms with Gasteiger partial charge in [-0.3, -0.25) is 10.1 Å². The van der Waals surface area contributed by atoms with E-state index in [4.69, 9.17) is 0 Å². The minimum Gasteiger partial charge on any atom is -0.314 e. The van der Waals surface area contributed by atoms with Crippen molar-refractivity contribution in [3.05, 3.63) is 52.1 Å². The van der Waals surface area contributed by atoms with E-state index in [1.165, 1.54) is 19.3 Å². The van der Waals surface area contributed by atoms with Crippen molar-refractivity contribution in [3.8, 4) is 0 Å². The number of nitro benzene ring substituents is 1. The normalized spacial score (nSPS) is 19.6. The van der Waals surface area contributed by atoms with Crippen LogP contribution in [0.5, 0.6) is 0 Å². The van der Waals surface area contributed by atoms with Crippen LogP contribution >= 0.6 is 0 Å². The molecule has 2 aliphatic carbocycles. The lowest BCUT2D eigenvalue weighted by Crippen LogP contribution is -2.24. The van der Waals surface area contributed by atoms with Crippen molar-refractivity contribution >= 4 is 5.69 Å². The largest absolute Gasteiger partial charge is 0.314 e. The first-order valence-corrected chi connectivity index (χ1v) is 7.88. The molecule has 1 unspecified atom stereocenters. The number of aromatic nitrogens is 3. The molecule has 0 N–H and O–H groups in total. The molecule has 2 aromatic rings. The van der Waals surface area contributed by atoms with Gasteiger partial charge in [0.2, 0.25) is 0 Å². The molecular weight excluding hydrogens is 280 g/mol. The van der Waals surface area contributed by atoms with Gasteiger partial charge < -0.3 is 4.57 Å². The zero-order valence-electron chi connectivity index (χ0n) is 12.3. The van der Waals surface area contributed by atoms with Gasteiger partial charge in [0, 0.05) is 24.1 Å². The molecule has 22 heavy (non-hydrogen) atoms. The Labute approximate surface area is 128 Å². The van der Waals surface area contributed by atoms with Crippen LogP contribution in [0.3, 0.4) is 0 Å². The molecule has 0 aliphatic heterocycles. The maximum absolute atomic E-state index is 11.1. The van der Waals surface area contributed by atoms with Gasteiger partial charge in [-0.15, -0.1) is 10.2 Å². The maximum atomic E-state index is 11.1. The van der Waals surface area contributed by atoms with Gasteiger partial charge in [-0.1, -0.05) is 18.6 Å². The van der Waals surface area contributed by atoms with E-state index < -0.39 is 0 Å². The Morgan fingerprint density at radius 1 is 1.27 bits per heavy atom. The average molecular weight is 298 g/mol. The quantitative estimate of drug-likeness (QED) is 0.626. The summed E-state index contributed by atoms with van der Waals surface area (Å²) in [5, 5.41) is 19.6. The number of hydrogen-bond donors (Lipinski definition) is 0. The fraction of sp³-hybridized carbons (Fsp3) is 0.500. The van der Waals surface area contributed by atoms with Gasteiger partial charge in [-0.25, -0.2) is 0 Å². The minimum absolute atomic E-state index is 0.122. The Kier molecular flexibility index (Phi) is 3.17.